The highest BCUT2D eigenvalue weighted by Crippen LogP contribution is 2.38. The minimum Gasteiger partial charge on any atom is -0.492 e. The molecule has 4 rings (SSSR count). The number of hydrogen-bond acceptors (Lipinski definition) is 4. The maximum atomic E-state index is 11.3. The summed E-state index contributed by atoms with van der Waals surface area (Å²) in [7, 11) is 0. The van der Waals surface area contributed by atoms with Gasteiger partial charge in [0, 0.05) is 29.2 Å². The van der Waals surface area contributed by atoms with Crippen LogP contribution in [0.15, 0.2) is 60.8 Å². The summed E-state index contributed by atoms with van der Waals surface area (Å²) >= 11 is 3.34. The summed E-state index contributed by atoms with van der Waals surface area (Å²) in [5.41, 5.74) is 3.75. The van der Waals surface area contributed by atoms with Gasteiger partial charge in [0.15, 0.2) is 0 Å². The highest BCUT2D eigenvalue weighted by Gasteiger charge is 2.24. The van der Waals surface area contributed by atoms with Crippen LogP contribution in [-0.2, 0) is 0 Å². The second-order valence-electron chi connectivity index (χ2n) is 6.07. The van der Waals surface area contributed by atoms with Crippen LogP contribution in [0.25, 0.3) is 17.3 Å². The lowest BCUT2D eigenvalue weighted by molar-refractivity contribution is -0.384. The fourth-order valence-corrected chi connectivity index (χ4v) is 3.46. The third-order valence-corrected chi connectivity index (χ3v) is 4.81. The van der Waals surface area contributed by atoms with E-state index in [0.29, 0.717) is 23.2 Å². The molecule has 1 unspecified atom stereocenters. The number of allylic oxidation sites excluding steroid dienone is 1. The number of hydrogen-bond donors (Lipinski definition) is 0. The van der Waals surface area contributed by atoms with Crippen LogP contribution in [-0.4, -0.2) is 26.6 Å². The van der Waals surface area contributed by atoms with Gasteiger partial charge in [0.1, 0.15) is 5.75 Å². The highest BCUT2D eigenvalue weighted by atomic mass is 79.9. The molecule has 0 spiro atoms. The Bertz CT molecular complexity index is 1030. The van der Waals surface area contributed by atoms with Crippen LogP contribution in [0.5, 0.6) is 5.75 Å². The Balaban J connectivity index is 1.82. The lowest BCUT2D eigenvalue weighted by Crippen LogP contribution is -2.10. The predicted molar refractivity (Wildman–Crippen MR) is 107 cm³/mol. The average Bonchev–Trinajstić information content (AvgIpc) is 3.32. The first-order valence-corrected chi connectivity index (χ1v) is 9.59. The number of fused-ring (bicyclic) bond motifs is 1. The minimum absolute atomic E-state index is 0.0197. The minimum atomic E-state index is -0.400. The van der Waals surface area contributed by atoms with Crippen LogP contribution < -0.4 is 4.74 Å². The molecule has 0 N–H and O–H groups in total. The van der Waals surface area contributed by atoms with E-state index in [1.54, 1.807) is 18.3 Å². The van der Waals surface area contributed by atoms with Crippen LogP contribution in [0.4, 0.5) is 5.69 Å². The van der Waals surface area contributed by atoms with Gasteiger partial charge in [-0.15, -0.1) is 0 Å². The summed E-state index contributed by atoms with van der Waals surface area (Å²) in [6.45, 7) is 0.463. The molecule has 2 aromatic carbocycles. The molecule has 3 aromatic rings. The summed E-state index contributed by atoms with van der Waals surface area (Å²) in [6.07, 6.45) is 5.86. The van der Waals surface area contributed by atoms with Crippen molar-refractivity contribution in [1.82, 2.24) is 9.78 Å². The Labute approximate surface area is 164 Å². The van der Waals surface area contributed by atoms with Crippen molar-refractivity contribution < 1.29 is 9.66 Å². The van der Waals surface area contributed by atoms with E-state index in [1.807, 2.05) is 22.9 Å². The molecule has 1 aromatic heterocycles. The third-order valence-electron chi connectivity index (χ3n) is 4.49. The predicted octanol–water partition coefficient (Wildman–Crippen LogP) is 4.85. The van der Waals surface area contributed by atoms with Crippen LogP contribution >= 0.6 is 15.9 Å². The Hall–Kier alpha value is -2.93. The first-order chi connectivity index (χ1) is 13.2. The van der Waals surface area contributed by atoms with E-state index < -0.39 is 4.92 Å². The Morgan fingerprint density at radius 1 is 1.22 bits per heavy atom. The van der Waals surface area contributed by atoms with Gasteiger partial charge in [-0.1, -0.05) is 52.3 Å². The van der Waals surface area contributed by atoms with Crippen molar-refractivity contribution in [1.29, 1.82) is 0 Å². The lowest BCUT2D eigenvalue weighted by atomic mass is 10.1. The summed E-state index contributed by atoms with van der Waals surface area (Å²) < 4.78 is 7.68. The molecule has 1 heterocycles. The van der Waals surface area contributed by atoms with Crippen molar-refractivity contribution in [2.45, 2.75) is 6.04 Å². The normalized spacial score (nSPS) is 14.9. The Kier molecular flexibility index (Phi) is 4.77. The van der Waals surface area contributed by atoms with E-state index in [-0.39, 0.29) is 11.7 Å². The smallest absolute Gasteiger partial charge is 0.270 e. The summed E-state index contributed by atoms with van der Waals surface area (Å²) in [5, 5.41) is 16.4. The van der Waals surface area contributed by atoms with E-state index in [1.165, 1.54) is 6.07 Å². The SMILES string of the molecule is O=[N+]([O-])c1ccc(OCCBr)c(-c2ccnn2C2C=Cc3ccccc32)c1. The fourth-order valence-electron chi connectivity index (χ4n) is 3.30. The first kappa shape index (κ1) is 17.5. The Morgan fingerprint density at radius 2 is 2.07 bits per heavy atom. The highest BCUT2D eigenvalue weighted by molar-refractivity contribution is 9.09. The maximum absolute atomic E-state index is 11.3. The van der Waals surface area contributed by atoms with Gasteiger partial charge in [-0.3, -0.25) is 14.8 Å². The zero-order chi connectivity index (χ0) is 18.8. The third kappa shape index (κ3) is 3.26. The van der Waals surface area contributed by atoms with Crippen LogP contribution in [0.3, 0.4) is 0 Å². The van der Waals surface area contributed by atoms with Crippen molar-refractivity contribution in [3.63, 3.8) is 0 Å². The Morgan fingerprint density at radius 3 is 2.89 bits per heavy atom. The molecule has 0 saturated heterocycles. The maximum Gasteiger partial charge on any atom is 0.270 e. The van der Waals surface area contributed by atoms with Gasteiger partial charge in [0.25, 0.3) is 5.69 Å². The molecule has 27 heavy (non-hydrogen) atoms. The van der Waals surface area contributed by atoms with Crippen molar-refractivity contribution in [2.75, 3.05) is 11.9 Å². The molecule has 0 amide bonds. The number of halogens is 1. The van der Waals surface area contributed by atoms with Crippen LogP contribution in [0, 0.1) is 10.1 Å². The standard InChI is InChI=1S/C20H16BrN3O3/c21-10-12-27-20-8-6-15(24(25)26)13-17(20)19-9-11-22-23(19)18-7-5-14-3-1-2-4-16(14)18/h1-9,11,13,18H,10,12H2. The van der Waals surface area contributed by atoms with E-state index in [4.69, 9.17) is 4.74 Å². The zero-order valence-corrected chi connectivity index (χ0v) is 15.9. The number of benzene rings is 2. The van der Waals surface area contributed by atoms with Gasteiger partial charge in [0.05, 0.1) is 23.3 Å². The number of nitrogens with zero attached hydrogens (tertiary/aromatic N) is 3. The molecule has 136 valence electrons. The summed E-state index contributed by atoms with van der Waals surface area (Å²) in [6, 6.07) is 14.6. The molecule has 0 saturated carbocycles. The molecule has 0 radical (unpaired) electrons. The number of rotatable bonds is 6. The van der Waals surface area contributed by atoms with Crippen LogP contribution in [0.2, 0.25) is 0 Å². The second-order valence-corrected chi connectivity index (χ2v) is 6.86. The van der Waals surface area contributed by atoms with Gasteiger partial charge >= 0.3 is 0 Å². The monoisotopic (exact) mass is 425 g/mol. The summed E-state index contributed by atoms with van der Waals surface area (Å²) in [4.78, 5) is 10.9. The molecule has 0 bridgehead atoms. The number of ether oxygens (including phenoxy) is 1. The van der Waals surface area contributed by atoms with E-state index >= 15 is 0 Å². The van der Waals surface area contributed by atoms with Crippen LogP contribution in [0.1, 0.15) is 17.2 Å². The molecule has 1 aliphatic carbocycles. The van der Waals surface area contributed by atoms with Crippen molar-refractivity contribution in [3.05, 3.63) is 82.0 Å². The zero-order valence-electron chi connectivity index (χ0n) is 14.3. The number of aromatic nitrogens is 2. The van der Waals surface area contributed by atoms with Gasteiger partial charge in [-0.2, -0.15) is 5.10 Å². The van der Waals surface area contributed by atoms with Crippen molar-refractivity contribution >= 4 is 27.7 Å². The molecule has 1 aliphatic rings. The number of non-ortho nitro benzene ring substituents is 1. The van der Waals surface area contributed by atoms with E-state index in [9.17, 15) is 10.1 Å². The van der Waals surface area contributed by atoms with E-state index in [2.05, 4.69) is 45.3 Å². The largest absolute Gasteiger partial charge is 0.492 e. The molecular formula is C20H16BrN3O3. The number of alkyl halides is 1. The summed E-state index contributed by atoms with van der Waals surface area (Å²) in [5.74, 6) is 0.595. The lowest BCUT2D eigenvalue weighted by Gasteiger charge is -2.17. The van der Waals surface area contributed by atoms with Gasteiger partial charge in [-0.05, 0) is 23.3 Å². The number of nitro groups is 1. The van der Waals surface area contributed by atoms with Gasteiger partial charge in [0.2, 0.25) is 0 Å². The molecular weight excluding hydrogens is 410 g/mol. The number of nitro benzene ring substituents is 1. The molecule has 0 fully saturated rings. The molecule has 6 nitrogen and oxygen atoms in total. The van der Waals surface area contributed by atoms with E-state index in [0.717, 1.165) is 16.8 Å². The van der Waals surface area contributed by atoms with Crippen molar-refractivity contribution in [2.24, 2.45) is 0 Å². The first-order valence-electron chi connectivity index (χ1n) is 8.47. The molecule has 7 heteroatoms. The second kappa shape index (κ2) is 7.36. The quantitative estimate of drug-likeness (QED) is 0.321. The molecule has 1 atom stereocenters. The molecule has 0 aliphatic heterocycles. The topological polar surface area (TPSA) is 70.2 Å². The average molecular weight is 426 g/mol. The van der Waals surface area contributed by atoms with Gasteiger partial charge in [-0.25, -0.2) is 0 Å². The fraction of sp³-hybridized carbons (Fsp3) is 0.150. The van der Waals surface area contributed by atoms with Gasteiger partial charge < -0.3 is 4.74 Å². The van der Waals surface area contributed by atoms with Crippen molar-refractivity contribution in [3.8, 4) is 17.0 Å².